The third-order valence-electron chi connectivity index (χ3n) is 8.12. The predicted octanol–water partition coefficient (Wildman–Crippen LogP) is 7.72. The van der Waals surface area contributed by atoms with Crippen LogP contribution in [0.4, 0.5) is 17.6 Å². The van der Waals surface area contributed by atoms with Crippen LogP contribution in [0.25, 0.3) is 22.3 Å². The van der Waals surface area contributed by atoms with Crippen LogP contribution in [0, 0.1) is 24.0 Å². The number of halogens is 4. The van der Waals surface area contributed by atoms with Crippen molar-refractivity contribution >= 4 is 28.3 Å². The van der Waals surface area contributed by atoms with Crippen LogP contribution in [0.3, 0.4) is 0 Å². The fourth-order valence-electron chi connectivity index (χ4n) is 5.64. The third kappa shape index (κ3) is 6.08. The van der Waals surface area contributed by atoms with Gasteiger partial charge in [0.1, 0.15) is 23.3 Å². The van der Waals surface area contributed by atoms with Gasteiger partial charge in [-0.15, -0.1) is 11.3 Å². The van der Waals surface area contributed by atoms with Gasteiger partial charge in [-0.05, 0) is 54.4 Å². The zero-order valence-electron chi connectivity index (χ0n) is 25.4. The van der Waals surface area contributed by atoms with Gasteiger partial charge in [-0.3, -0.25) is 0 Å². The van der Waals surface area contributed by atoms with E-state index in [4.69, 9.17) is 14.5 Å². The second-order valence-electron chi connectivity index (χ2n) is 12.1. The number of ether oxygens (including phenoxy) is 2. The molecule has 0 radical (unpaired) electrons. The lowest BCUT2D eigenvalue weighted by molar-refractivity contribution is 0.0213. The summed E-state index contributed by atoms with van der Waals surface area (Å²) in [7, 11) is 0. The summed E-state index contributed by atoms with van der Waals surface area (Å²) >= 11 is 0.758. The summed E-state index contributed by atoms with van der Waals surface area (Å²) in [6.07, 6.45) is 1.18. The zero-order valence-corrected chi connectivity index (χ0v) is 26.2. The first-order valence-corrected chi connectivity index (χ1v) is 15.3. The Morgan fingerprint density at radius 2 is 1.93 bits per heavy atom. The molecule has 4 heterocycles. The predicted molar refractivity (Wildman–Crippen MR) is 163 cm³/mol. The molecule has 6 rings (SSSR count). The number of nitrogens with zero attached hydrogens (tertiary/aromatic N) is 4. The largest absolute Gasteiger partial charge is 0.478 e. The number of aromatic carboxylic acids is 1. The Bertz CT molecular complexity index is 1970. The summed E-state index contributed by atoms with van der Waals surface area (Å²) < 4.78 is 70.8. The summed E-state index contributed by atoms with van der Waals surface area (Å²) in [6, 6.07) is 10.1. The summed E-state index contributed by atoms with van der Waals surface area (Å²) in [5.74, 6) is -5.20. The summed E-state index contributed by atoms with van der Waals surface area (Å²) in [6.45, 7) is 7.31. The Kier molecular flexibility index (Phi) is 8.09. The molecule has 0 unspecified atom stereocenters. The van der Waals surface area contributed by atoms with Crippen molar-refractivity contribution in [2.24, 2.45) is 5.41 Å². The molecule has 0 bridgehead atoms. The van der Waals surface area contributed by atoms with Gasteiger partial charge in [0, 0.05) is 30.5 Å². The summed E-state index contributed by atoms with van der Waals surface area (Å²) in [5, 5.41) is 9.84. The molecule has 0 amide bonds. The van der Waals surface area contributed by atoms with Crippen molar-refractivity contribution in [1.29, 1.82) is 0 Å². The number of rotatable bonds is 9. The standard InChI is InChI=1S/C33H30F4N4O4S/c1-17-9-19(11-28-39-24-7-5-18(31(42)43)10-25(24)41(28)26-14-44-16-32(26,2)3)22(35)12-20(17)23-8-6-21(34)30(40-23)45-15-29-38-13-27(46-29)33(4,36)37/h5-10,12-13,26H,11,14-16H2,1-4H3,(H,42,43)/t26-/m1/s1. The Morgan fingerprint density at radius 1 is 1.15 bits per heavy atom. The van der Waals surface area contributed by atoms with E-state index in [9.17, 15) is 23.1 Å². The number of hydrogen-bond acceptors (Lipinski definition) is 7. The number of carboxylic acids is 1. The number of hydrogen-bond donors (Lipinski definition) is 1. The molecule has 1 fully saturated rings. The van der Waals surface area contributed by atoms with E-state index in [-0.39, 0.29) is 51.5 Å². The number of aromatic nitrogens is 4. The number of carboxylic acid groups (broad SMARTS) is 1. The molecule has 1 atom stereocenters. The lowest BCUT2D eigenvalue weighted by Crippen LogP contribution is -2.27. The first-order valence-electron chi connectivity index (χ1n) is 14.4. The van der Waals surface area contributed by atoms with E-state index in [0.29, 0.717) is 46.8 Å². The maximum Gasteiger partial charge on any atom is 0.335 e. The van der Waals surface area contributed by atoms with E-state index < -0.39 is 23.5 Å². The second-order valence-corrected chi connectivity index (χ2v) is 13.3. The van der Waals surface area contributed by atoms with Crippen molar-refractivity contribution in [3.63, 3.8) is 0 Å². The maximum atomic E-state index is 15.8. The smallest absolute Gasteiger partial charge is 0.335 e. The molecule has 0 spiro atoms. The van der Waals surface area contributed by atoms with E-state index in [0.717, 1.165) is 30.5 Å². The molecule has 13 heteroatoms. The van der Waals surface area contributed by atoms with Crippen LogP contribution in [0.2, 0.25) is 0 Å². The molecular formula is C33H30F4N4O4S. The highest BCUT2D eigenvalue weighted by atomic mass is 32.1. The molecule has 8 nitrogen and oxygen atoms in total. The molecule has 240 valence electrons. The average molecular weight is 655 g/mol. The quantitative estimate of drug-likeness (QED) is 0.163. The topological polar surface area (TPSA) is 99.4 Å². The van der Waals surface area contributed by atoms with Crippen molar-refractivity contribution in [3.05, 3.63) is 92.7 Å². The van der Waals surface area contributed by atoms with Crippen molar-refractivity contribution in [2.75, 3.05) is 13.2 Å². The molecule has 1 aliphatic heterocycles. The third-order valence-corrected chi connectivity index (χ3v) is 9.27. The van der Waals surface area contributed by atoms with E-state index in [2.05, 4.69) is 23.8 Å². The van der Waals surface area contributed by atoms with Crippen LogP contribution in [0.5, 0.6) is 5.88 Å². The number of alkyl halides is 2. The number of benzene rings is 2. The Hall–Kier alpha value is -4.36. The number of fused-ring (bicyclic) bond motifs is 1. The van der Waals surface area contributed by atoms with Crippen LogP contribution in [-0.4, -0.2) is 43.8 Å². The molecular weight excluding hydrogens is 624 g/mol. The summed E-state index contributed by atoms with van der Waals surface area (Å²) in [4.78, 5) is 24.5. The van der Waals surface area contributed by atoms with Crippen LogP contribution in [0.1, 0.15) is 64.0 Å². The Labute approximate surface area is 265 Å². The van der Waals surface area contributed by atoms with Gasteiger partial charge >= 0.3 is 5.97 Å². The molecule has 1 saturated heterocycles. The fraction of sp³-hybridized carbons (Fsp3) is 0.333. The van der Waals surface area contributed by atoms with Crippen molar-refractivity contribution in [1.82, 2.24) is 19.5 Å². The van der Waals surface area contributed by atoms with E-state index in [1.165, 1.54) is 18.2 Å². The van der Waals surface area contributed by atoms with Crippen LogP contribution < -0.4 is 4.74 Å². The number of pyridine rings is 1. The maximum absolute atomic E-state index is 15.8. The number of aryl methyl sites for hydroxylation is 1. The molecule has 1 N–H and O–H groups in total. The minimum absolute atomic E-state index is 0.119. The monoisotopic (exact) mass is 654 g/mol. The Morgan fingerprint density at radius 3 is 2.61 bits per heavy atom. The van der Waals surface area contributed by atoms with Gasteiger partial charge in [-0.25, -0.2) is 37.3 Å². The molecule has 1 aliphatic rings. The van der Waals surface area contributed by atoms with E-state index >= 15 is 4.39 Å². The van der Waals surface area contributed by atoms with Gasteiger partial charge in [0.15, 0.2) is 5.82 Å². The van der Waals surface area contributed by atoms with Gasteiger partial charge < -0.3 is 19.1 Å². The Balaban J connectivity index is 1.31. The summed E-state index contributed by atoms with van der Waals surface area (Å²) in [5.41, 5.74) is 2.77. The highest BCUT2D eigenvalue weighted by Gasteiger charge is 2.39. The van der Waals surface area contributed by atoms with E-state index in [1.807, 2.05) is 4.57 Å². The molecule has 3 aromatic heterocycles. The van der Waals surface area contributed by atoms with Crippen molar-refractivity contribution in [3.8, 4) is 17.1 Å². The van der Waals surface area contributed by atoms with Gasteiger partial charge in [0.25, 0.3) is 11.8 Å². The average Bonchev–Trinajstić information content (AvgIpc) is 3.70. The van der Waals surface area contributed by atoms with Gasteiger partial charge in [0.2, 0.25) is 0 Å². The normalized spacial score (nSPS) is 16.3. The highest BCUT2D eigenvalue weighted by Crippen LogP contribution is 2.41. The first-order chi connectivity index (χ1) is 21.7. The van der Waals surface area contributed by atoms with Gasteiger partial charge in [-0.2, -0.15) is 0 Å². The minimum Gasteiger partial charge on any atom is -0.478 e. The molecule has 0 aliphatic carbocycles. The molecule has 0 saturated carbocycles. The molecule has 2 aromatic carbocycles. The van der Waals surface area contributed by atoms with Crippen molar-refractivity contribution in [2.45, 2.75) is 52.7 Å². The highest BCUT2D eigenvalue weighted by molar-refractivity contribution is 7.11. The second kappa shape index (κ2) is 11.8. The lowest BCUT2D eigenvalue weighted by atomic mass is 9.87. The van der Waals surface area contributed by atoms with Crippen LogP contribution in [0.15, 0.2) is 48.7 Å². The number of imidazole rings is 1. The minimum atomic E-state index is -3.05. The fourth-order valence-corrected chi connectivity index (χ4v) is 6.40. The number of carbonyl (C=O) groups is 1. The van der Waals surface area contributed by atoms with Crippen LogP contribution in [-0.2, 0) is 23.7 Å². The first kappa shape index (κ1) is 31.6. The van der Waals surface area contributed by atoms with E-state index in [1.54, 1.807) is 25.1 Å². The lowest BCUT2D eigenvalue weighted by Gasteiger charge is -2.28. The SMILES string of the molecule is Cc1cc(Cc2nc3ccc(C(=O)O)cc3n2[C@@H]2COCC2(C)C)c(F)cc1-c1ccc(F)c(OCc2ncc(C(C)(F)F)s2)n1. The van der Waals surface area contributed by atoms with Gasteiger partial charge in [-0.1, -0.05) is 19.9 Å². The van der Waals surface area contributed by atoms with Crippen LogP contribution >= 0.6 is 11.3 Å². The van der Waals surface area contributed by atoms with Crippen molar-refractivity contribution < 1.29 is 36.9 Å². The molecule has 46 heavy (non-hydrogen) atoms. The van der Waals surface area contributed by atoms with Gasteiger partial charge in [0.05, 0.1) is 46.4 Å². The molecule has 5 aromatic rings. The zero-order chi connectivity index (χ0) is 33.0. The number of thiazole rings is 1.